The zero-order chi connectivity index (χ0) is 9.31. The Morgan fingerprint density at radius 3 is 2.69 bits per heavy atom. The van der Waals surface area contributed by atoms with E-state index >= 15 is 0 Å². The van der Waals surface area contributed by atoms with Crippen molar-refractivity contribution in [2.75, 3.05) is 26.7 Å². The molecular weight excluding hydrogens is 160 g/mol. The predicted molar refractivity (Wildman–Crippen MR) is 55.9 cm³/mol. The molecule has 2 heteroatoms. The first kappa shape index (κ1) is 9.47. The Morgan fingerprint density at radius 2 is 2.23 bits per heavy atom. The van der Waals surface area contributed by atoms with Gasteiger partial charge in [-0.05, 0) is 38.3 Å². The van der Waals surface area contributed by atoms with E-state index < -0.39 is 0 Å². The van der Waals surface area contributed by atoms with Crippen LogP contribution in [0.2, 0.25) is 0 Å². The van der Waals surface area contributed by atoms with E-state index in [-0.39, 0.29) is 0 Å². The summed E-state index contributed by atoms with van der Waals surface area (Å²) >= 11 is 0. The van der Waals surface area contributed by atoms with Gasteiger partial charge in [0.05, 0.1) is 0 Å². The Bertz CT molecular complexity index is 175. The van der Waals surface area contributed by atoms with E-state index in [0.29, 0.717) is 5.41 Å². The number of likely N-dealkylation sites (N-methyl/N-ethyl adjacent to an activating group) is 1. The van der Waals surface area contributed by atoms with Gasteiger partial charge in [0.15, 0.2) is 0 Å². The van der Waals surface area contributed by atoms with Gasteiger partial charge in [0.1, 0.15) is 0 Å². The minimum absolute atomic E-state index is 0.640. The van der Waals surface area contributed by atoms with E-state index in [0.717, 1.165) is 6.04 Å². The fourth-order valence-electron chi connectivity index (χ4n) is 2.45. The van der Waals surface area contributed by atoms with Crippen LogP contribution in [0, 0.1) is 5.41 Å². The van der Waals surface area contributed by atoms with Gasteiger partial charge in [-0.2, -0.15) is 0 Å². The van der Waals surface area contributed by atoms with Crippen LogP contribution in [0.5, 0.6) is 0 Å². The van der Waals surface area contributed by atoms with Crippen LogP contribution in [0.15, 0.2) is 0 Å². The van der Waals surface area contributed by atoms with Crippen molar-refractivity contribution < 1.29 is 0 Å². The highest BCUT2D eigenvalue weighted by atomic mass is 15.2. The third-order valence-corrected chi connectivity index (χ3v) is 3.77. The second kappa shape index (κ2) is 3.58. The van der Waals surface area contributed by atoms with E-state index in [9.17, 15) is 0 Å². The van der Waals surface area contributed by atoms with Gasteiger partial charge in [-0.25, -0.2) is 0 Å². The predicted octanol–water partition coefficient (Wildman–Crippen LogP) is 1.47. The quantitative estimate of drug-likeness (QED) is 0.711. The number of nitrogens with zero attached hydrogens (tertiary/aromatic N) is 1. The molecule has 1 atom stereocenters. The summed E-state index contributed by atoms with van der Waals surface area (Å²) in [5, 5.41) is 3.71. The molecule has 1 unspecified atom stereocenters. The largest absolute Gasteiger partial charge is 0.312 e. The molecule has 2 rings (SSSR count). The van der Waals surface area contributed by atoms with Crippen LogP contribution in [0.4, 0.5) is 0 Å². The van der Waals surface area contributed by atoms with Gasteiger partial charge in [0, 0.05) is 19.1 Å². The molecule has 13 heavy (non-hydrogen) atoms. The molecule has 0 amide bonds. The zero-order valence-corrected chi connectivity index (χ0v) is 8.97. The molecule has 1 heterocycles. The molecule has 1 saturated heterocycles. The Morgan fingerprint density at radius 1 is 1.46 bits per heavy atom. The first-order valence-electron chi connectivity index (χ1n) is 5.60. The van der Waals surface area contributed by atoms with Crippen LogP contribution in [0.1, 0.15) is 32.6 Å². The minimum Gasteiger partial charge on any atom is -0.312 e. The van der Waals surface area contributed by atoms with Crippen LogP contribution >= 0.6 is 0 Å². The lowest BCUT2D eigenvalue weighted by atomic mass is 9.70. The second-order valence-electron chi connectivity index (χ2n) is 5.29. The van der Waals surface area contributed by atoms with Crippen molar-refractivity contribution in [3.63, 3.8) is 0 Å². The third kappa shape index (κ3) is 2.23. The van der Waals surface area contributed by atoms with E-state index in [2.05, 4.69) is 24.2 Å². The molecule has 2 nitrogen and oxygen atoms in total. The maximum absolute atomic E-state index is 3.71. The van der Waals surface area contributed by atoms with Gasteiger partial charge in [0.25, 0.3) is 0 Å². The molecule has 1 N–H and O–H groups in total. The van der Waals surface area contributed by atoms with Crippen molar-refractivity contribution in [3.05, 3.63) is 0 Å². The zero-order valence-electron chi connectivity index (χ0n) is 8.97. The summed E-state index contributed by atoms with van der Waals surface area (Å²) < 4.78 is 0. The Labute approximate surface area is 81.7 Å². The molecule has 76 valence electrons. The fraction of sp³-hybridized carbons (Fsp3) is 1.00. The van der Waals surface area contributed by atoms with Crippen molar-refractivity contribution in [2.24, 2.45) is 5.41 Å². The van der Waals surface area contributed by atoms with Crippen molar-refractivity contribution >= 4 is 0 Å². The highest BCUT2D eigenvalue weighted by Crippen LogP contribution is 2.39. The van der Waals surface area contributed by atoms with Crippen LogP contribution < -0.4 is 5.32 Å². The van der Waals surface area contributed by atoms with Gasteiger partial charge in [-0.3, -0.25) is 0 Å². The van der Waals surface area contributed by atoms with Crippen molar-refractivity contribution in [2.45, 2.75) is 38.6 Å². The summed E-state index contributed by atoms with van der Waals surface area (Å²) in [5.41, 5.74) is 0.640. The monoisotopic (exact) mass is 182 g/mol. The average Bonchev–Trinajstić information content (AvgIpc) is 2.44. The fourth-order valence-corrected chi connectivity index (χ4v) is 2.45. The van der Waals surface area contributed by atoms with Gasteiger partial charge in [-0.15, -0.1) is 0 Å². The Hall–Kier alpha value is -0.0800. The number of hydrogen-bond donors (Lipinski definition) is 1. The molecule has 0 bridgehead atoms. The Kier molecular flexibility index (Phi) is 2.61. The van der Waals surface area contributed by atoms with Gasteiger partial charge < -0.3 is 10.2 Å². The van der Waals surface area contributed by atoms with Crippen molar-refractivity contribution in [3.8, 4) is 0 Å². The second-order valence-corrected chi connectivity index (χ2v) is 5.29. The molecule has 0 aromatic heterocycles. The molecule has 0 aromatic carbocycles. The normalized spacial score (nSPS) is 33.2. The number of nitrogens with one attached hydrogen (secondary N) is 1. The lowest BCUT2D eigenvalue weighted by Crippen LogP contribution is -2.42. The molecule has 2 aliphatic rings. The molecule has 0 radical (unpaired) electrons. The van der Waals surface area contributed by atoms with Crippen molar-refractivity contribution in [1.29, 1.82) is 0 Å². The number of likely N-dealkylation sites (tertiary alicyclic amines) is 1. The van der Waals surface area contributed by atoms with E-state index in [1.54, 1.807) is 0 Å². The highest BCUT2D eigenvalue weighted by Gasteiger charge is 2.32. The topological polar surface area (TPSA) is 15.3 Å². The van der Waals surface area contributed by atoms with E-state index in [4.69, 9.17) is 0 Å². The summed E-state index contributed by atoms with van der Waals surface area (Å²) in [6.45, 7) is 6.18. The summed E-state index contributed by atoms with van der Waals surface area (Å²) in [5.74, 6) is 0. The lowest BCUT2D eigenvalue weighted by molar-refractivity contribution is 0.151. The van der Waals surface area contributed by atoms with Crippen molar-refractivity contribution in [1.82, 2.24) is 10.2 Å². The summed E-state index contributed by atoms with van der Waals surface area (Å²) in [6, 6.07) is 0.766. The smallest absolute Gasteiger partial charge is 0.0207 e. The lowest BCUT2D eigenvalue weighted by Gasteiger charge is -2.39. The third-order valence-electron chi connectivity index (χ3n) is 3.77. The van der Waals surface area contributed by atoms with Crippen LogP contribution in [0.3, 0.4) is 0 Å². The minimum atomic E-state index is 0.640. The molecule has 1 aliphatic carbocycles. The maximum Gasteiger partial charge on any atom is 0.0207 e. The first-order chi connectivity index (χ1) is 6.18. The average molecular weight is 182 g/mol. The molecule has 1 aliphatic heterocycles. The molecule has 2 fully saturated rings. The highest BCUT2D eigenvalue weighted by molar-refractivity contribution is 4.88. The molecule has 0 spiro atoms. The standard InChI is InChI=1S/C11H22N2/c1-11(5-3-6-11)9-12-10-4-7-13(2)8-10/h10,12H,3-9H2,1-2H3. The van der Waals surface area contributed by atoms with Gasteiger partial charge >= 0.3 is 0 Å². The first-order valence-corrected chi connectivity index (χ1v) is 5.60. The van der Waals surface area contributed by atoms with Gasteiger partial charge in [0.2, 0.25) is 0 Å². The SMILES string of the molecule is CN1CCC(NCC2(C)CCC2)C1. The summed E-state index contributed by atoms with van der Waals surface area (Å²) in [6.07, 6.45) is 5.65. The number of rotatable bonds is 3. The van der Waals surface area contributed by atoms with Crippen LogP contribution in [-0.4, -0.2) is 37.6 Å². The van der Waals surface area contributed by atoms with E-state index in [1.807, 2.05) is 0 Å². The molecule has 0 aromatic rings. The summed E-state index contributed by atoms with van der Waals surface area (Å²) in [4.78, 5) is 2.42. The Balaban J connectivity index is 1.67. The number of hydrogen-bond acceptors (Lipinski definition) is 2. The van der Waals surface area contributed by atoms with E-state index in [1.165, 1.54) is 45.3 Å². The molecular formula is C11H22N2. The van der Waals surface area contributed by atoms with Gasteiger partial charge in [-0.1, -0.05) is 13.3 Å². The summed E-state index contributed by atoms with van der Waals surface area (Å²) in [7, 11) is 2.22. The molecule has 1 saturated carbocycles. The van der Waals surface area contributed by atoms with Crippen LogP contribution in [0.25, 0.3) is 0 Å². The van der Waals surface area contributed by atoms with Crippen LogP contribution in [-0.2, 0) is 0 Å². The maximum atomic E-state index is 3.71.